The van der Waals surface area contributed by atoms with Crippen LogP contribution in [0.1, 0.15) is 52.9 Å². The van der Waals surface area contributed by atoms with E-state index >= 15 is 0 Å². The van der Waals surface area contributed by atoms with Crippen molar-refractivity contribution in [3.8, 4) is 0 Å². The summed E-state index contributed by atoms with van der Waals surface area (Å²) in [6.45, 7) is 6.76. The molecule has 0 fully saturated rings. The Balaban J connectivity index is 2.20. The first kappa shape index (κ1) is 13.2. The van der Waals surface area contributed by atoms with Crippen LogP contribution in [0.5, 0.6) is 0 Å². The van der Waals surface area contributed by atoms with Crippen LogP contribution < -0.4 is 0 Å². The molecule has 2 rings (SSSR count). The van der Waals surface area contributed by atoms with E-state index in [1.807, 2.05) is 6.92 Å². The maximum absolute atomic E-state index is 11.5. The summed E-state index contributed by atoms with van der Waals surface area (Å²) in [5.74, 6) is 0.602. The lowest BCUT2D eigenvalue weighted by molar-refractivity contribution is -0.137. The molecule has 102 valence electrons. The van der Waals surface area contributed by atoms with Gasteiger partial charge in [0.25, 0.3) is 5.95 Å². The summed E-state index contributed by atoms with van der Waals surface area (Å²) in [6.07, 6.45) is 4.72. The molecule has 2 aliphatic heterocycles. The van der Waals surface area contributed by atoms with Gasteiger partial charge >= 0.3 is 6.16 Å². The maximum atomic E-state index is 11.5. The van der Waals surface area contributed by atoms with E-state index < -0.39 is 11.8 Å². The lowest BCUT2D eigenvalue weighted by Gasteiger charge is -2.45. The quantitative estimate of drug-likeness (QED) is 0.553. The second-order valence-corrected chi connectivity index (χ2v) is 5.11. The molecule has 0 saturated carbocycles. The minimum atomic E-state index is -0.627. The molecular formula is C14H22O4. The number of hydrogen-bond acceptors (Lipinski definition) is 4. The van der Waals surface area contributed by atoms with Gasteiger partial charge in [-0.05, 0) is 19.8 Å². The topological polar surface area (TPSA) is 44.8 Å². The smallest absolute Gasteiger partial charge is 0.464 e. The lowest BCUT2D eigenvalue weighted by Crippen LogP contribution is -2.51. The Labute approximate surface area is 108 Å². The maximum Gasteiger partial charge on any atom is 0.517 e. The van der Waals surface area contributed by atoms with Gasteiger partial charge in [0.15, 0.2) is 0 Å². The molecule has 0 N–H and O–H groups in total. The normalized spacial score (nSPS) is 30.6. The first-order valence-electron chi connectivity index (χ1n) is 6.89. The van der Waals surface area contributed by atoms with Gasteiger partial charge in [0.05, 0.1) is 12.2 Å². The van der Waals surface area contributed by atoms with E-state index in [1.54, 1.807) is 0 Å². The van der Waals surface area contributed by atoms with Gasteiger partial charge in [-0.25, -0.2) is 4.79 Å². The van der Waals surface area contributed by atoms with Crippen molar-refractivity contribution in [1.29, 1.82) is 0 Å². The van der Waals surface area contributed by atoms with E-state index in [1.165, 1.54) is 12.8 Å². The van der Waals surface area contributed by atoms with Gasteiger partial charge < -0.3 is 14.2 Å². The van der Waals surface area contributed by atoms with Crippen LogP contribution >= 0.6 is 0 Å². The van der Waals surface area contributed by atoms with Crippen molar-refractivity contribution >= 4 is 6.16 Å². The van der Waals surface area contributed by atoms with Crippen LogP contribution in [0.2, 0.25) is 0 Å². The molecular weight excluding hydrogens is 232 g/mol. The highest BCUT2D eigenvalue weighted by molar-refractivity contribution is 5.64. The Kier molecular flexibility index (Phi) is 3.83. The van der Waals surface area contributed by atoms with Crippen LogP contribution in [-0.4, -0.2) is 18.4 Å². The molecule has 0 aliphatic carbocycles. The van der Waals surface area contributed by atoms with E-state index in [0.29, 0.717) is 12.6 Å². The Morgan fingerprint density at radius 2 is 2.11 bits per heavy atom. The second kappa shape index (κ2) is 5.21. The minimum absolute atomic E-state index is 0.241. The molecule has 2 heterocycles. The van der Waals surface area contributed by atoms with E-state index in [2.05, 4.69) is 13.8 Å². The van der Waals surface area contributed by atoms with Crippen LogP contribution in [0.4, 0.5) is 4.79 Å². The van der Waals surface area contributed by atoms with Gasteiger partial charge in [0.1, 0.15) is 5.60 Å². The molecule has 4 nitrogen and oxygen atoms in total. The third kappa shape index (κ3) is 2.08. The Bertz CT molecular complexity index is 361. The third-order valence-corrected chi connectivity index (χ3v) is 4.14. The average molecular weight is 254 g/mol. The molecule has 0 aromatic rings. The van der Waals surface area contributed by atoms with Crippen molar-refractivity contribution in [2.75, 3.05) is 6.61 Å². The Hall–Kier alpha value is -1.19. The highest BCUT2D eigenvalue weighted by Crippen LogP contribution is 2.45. The molecule has 0 spiro atoms. The van der Waals surface area contributed by atoms with Crippen LogP contribution in [0.15, 0.2) is 11.5 Å². The van der Waals surface area contributed by atoms with Gasteiger partial charge in [0, 0.05) is 5.92 Å². The summed E-state index contributed by atoms with van der Waals surface area (Å²) in [7, 11) is 0. The highest BCUT2D eigenvalue weighted by Gasteiger charge is 2.51. The predicted octanol–water partition coefficient (Wildman–Crippen LogP) is 3.76. The molecule has 2 unspecified atom stereocenters. The summed E-state index contributed by atoms with van der Waals surface area (Å²) < 4.78 is 16.1. The van der Waals surface area contributed by atoms with E-state index in [9.17, 15) is 4.79 Å². The highest BCUT2D eigenvalue weighted by atomic mass is 16.8. The summed E-state index contributed by atoms with van der Waals surface area (Å²) in [5, 5.41) is 0. The molecule has 4 heteroatoms. The zero-order valence-electron chi connectivity index (χ0n) is 11.5. The van der Waals surface area contributed by atoms with Gasteiger partial charge in [-0.3, -0.25) is 0 Å². The van der Waals surface area contributed by atoms with Crippen LogP contribution in [0.25, 0.3) is 0 Å². The van der Waals surface area contributed by atoms with Crippen molar-refractivity contribution in [1.82, 2.24) is 0 Å². The van der Waals surface area contributed by atoms with Crippen LogP contribution in [-0.2, 0) is 14.2 Å². The SMILES string of the molecule is CCCCCC1COC2=C(C)C1(CC)OC(=O)O2. The molecule has 18 heavy (non-hydrogen) atoms. The number of ether oxygens (including phenoxy) is 3. The molecule has 2 aliphatic rings. The number of fused-ring (bicyclic) bond motifs is 1. The van der Waals surface area contributed by atoms with Crippen LogP contribution in [0.3, 0.4) is 0 Å². The monoisotopic (exact) mass is 254 g/mol. The molecule has 0 radical (unpaired) electrons. The van der Waals surface area contributed by atoms with Crippen molar-refractivity contribution in [2.45, 2.75) is 58.5 Å². The van der Waals surface area contributed by atoms with E-state index in [-0.39, 0.29) is 5.92 Å². The first-order chi connectivity index (χ1) is 8.64. The fourth-order valence-electron chi connectivity index (χ4n) is 2.99. The Morgan fingerprint density at radius 1 is 1.33 bits per heavy atom. The summed E-state index contributed by atoms with van der Waals surface area (Å²) in [4.78, 5) is 11.5. The first-order valence-corrected chi connectivity index (χ1v) is 6.89. The zero-order valence-corrected chi connectivity index (χ0v) is 11.5. The number of rotatable bonds is 5. The molecule has 0 saturated heterocycles. The van der Waals surface area contributed by atoms with Gasteiger partial charge in [-0.15, -0.1) is 0 Å². The van der Waals surface area contributed by atoms with Crippen molar-refractivity contribution < 1.29 is 19.0 Å². The van der Waals surface area contributed by atoms with E-state index in [0.717, 1.165) is 24.8 Å². The molecule has 2 bridgehead atoms. The fourth-order valence-corrected chi connectivity index (χ4v) is 2.99. The minimum Gasteiger partial charge on any atom is -0.464 e. The zero-order chi connectivity index (χ0) is 13.2. The largest absolute Gasteiger partial charge is 0.517 e. The molecule has 0 aromatic heterocycles. The van der Waals surface area contributed by atoms with E-state index in [4.69, 9.17) is 14.2 Å². The van der Waals surface area contributed by atoms with Crippen LogP contribution in [0, 0.1) is 5.92 Å². The standard InChI is InChI=1S/C14H22O4/c1-4-6-7-8-11-9-16-12-10(3)14(11,5-2)18-13(15)17-12/h11H,4-9H2,1-3H3. The third-order valence-electron chi connectivity index (χ3n) is 4.14. The summed E-state index contributed by atoms with van der Waals surface area (Å²) >= 11 is 0. The summed E-state index contributed by atoms with van der Waals surface area (Å²) in [5.41, 5.74) is 0.425. The number of carbonyl (C=O) groups is 1. The van der Waals surface area contributed by atoms with Crippen molar-refractivity contribution in [2.24, 2.45) is 5.92 Å². The summed E-state index contributed by atoms with van der Waals surface area (Å²) in [6, 6.07) is 0. The molecule has 0 amide bonds. The lowest BCUT2D eigenvalue weighted by atomic mass is 9.75. The average Bonchev–Trinajstić information content (AvgIpc) is 2.35. The van der Waals surface area contributed by atoms with Crippen molar-refractivity contribution in [3.63, 3.8) is 0 Å². The molecule has 0 aromatic carbocycles. The predicted molar refractivity (Wildman–Crippen MR) is 66.9 cm³/mol. The van der Waals surface area contributed by atoms with Gasteiger partial charge in [0.2, 0.25) is 0 Å². The number of unbranched alkanes of at least 4 members (excludes halogenated alkanes) is 2. The number of hydrogen-bond donors (Lipinski definition) is 0. The molecule has 2 atom stereocenters. The van der Waals surface area contributed by atoms with Crippen molar-refractivity contribution in [3.05, 3.63) is 11.5 Å². The number of carbonyl (C=O) groups excluding carboxylic acids is 1. The Morgan fingerprint density at radius 3 is 2.78 bits per heavy atom. The van der Waals surface area contributed by atoms with Gasteiger partial charge in [-0.1, -0.05) is 33.1 Å². The van der Waals surface area contributed by atoms with Gasteiger partial charge in [-0.2, -0.15) is 0 Å². The second-order valence-electron chi connectivity index (χ2n) is 5.11. The fraction of sp³-hybridized carbons (Fsp3) is 0.786.